The van der Waals surface area contributed by atoms with E-state index in [9.17, 15) is 0 Å². The Labute approximate surface area is 187 Å². The predicted octanol–water partition coefficient (Wildman–Crippen LogP) is 7.28. The van der Waals surface area contributed by atoms with Crippen molar-refractivity contribution >= 4 is 6.21 Å². The quantitative estimate of drug-likeness (QED) is 0.132. The van der Waals surface area contributed by atoms with Gasteiger partial charge < -0.3 is 9.22 Å². The first-order valence-corrected chi connectivity index (χ1v) is 12.6. The third-order valence-corrected chi connectivity index (χ3v) is 5.84. The van der Waals surface area contributed by atoms with Gasteiger partial charge in [0.25, 0.3) is 0 Å². The van der Waals surface area contributed by atoms with Crippen LogP contribution in [0, 0.1) is 0 Å². The zero-order valence-electron chi connectivity index (χ0n) is 20.5. The van der Waals surface area contributed by atoms with E-state index in [4.69, 9.17) is 4.74 Å². The summed E-state index contributed by atoms with van der Waals surface area (Å²) in [5, 5.41) is 0. The second-order valence-electron chi connectivity index (χ2n) is 9.37. The molecule has 1 rings (SSSR count). The van der Waals surface area contributed by atoms with E-state index in [2.05, 4.69) is 57.2 Å². The maximum absolute atomic E-state index is 5.98. The highest BCUT2D eigenvalue weighted by atomic mass is 16.5. The fourth-order valence-electron chi connectivity index (χ4n) is 3.62. The number of hydrogen-bond acceptors (Lipinski definition) is 2. The SMILES string of the molecule is CCCCCCCCCCCC[N+](C)(C)CCOc1ccc(C=NCCCC)cc1. The molecule has 0 aromatic heterocycles. The maximum Gasteiger partial charge on any atom is 0.137 e. The van der Waals surface area contributed by atoms with E-state index in [0.29, 0.717) is 0 Å². The van der Waals surface area contributed by atoms with Crippen molar-refractivity contribution in [1.29, 1.82) is 0 Å². The van der Waals surface area contributed by atoms with Crippen LogP contribution >= 0.6 is 0 Å². The number of aliphatic imine (C=N–C) groups is 1. The van der Waals surface area contributed by atoms with Crippen molar-refractivity contribution in [2.24, 2.45) is 4.99 Å². The number of hydrogen-bond donors (Lipinski definition) is 0. The van der Waals surface area contributed by atoms with Crippen LogP contribution in [-0.2, 0) is 0 Å². The minimum absolute atomic E-state index is 0.773. The van der Waals surface area contributed by atoms with Gasteiger partial charge in [-0.1, -0.05) is 71.6 Å². The number of quaternary nitrogens is 1. The van der Waals surface area contributed by atoms with Crippen LogP contribution in [0.25, 0.3) is 0 Å². The number of ether oxygens (including phenoxy) is 1. The van der Waals surface area contributed by atoms with E-state index in [1.54, 1.807) is 0 Å². The Balaban J connectivity index is 2.09. The fraction of sp³-hybridized carbons (Fsp3) is 0.741. The average molecular weight is 418 g/mol. The van der Waals surface area contributed by atoms with Crippen LogP contribution in [0.1, 0.15) is 96.5 Å². The van der Waals surface area contributed by atoms with Crippen molar-refractivity contribution < 1.29 is 9.22 Å². The lowest BCUT2D eigenvalue weighted by atomic mass is 10.1. The van der Waals surface area contributed by atoms with Gasteiger partial charge in [-0.3, -0.25) is 4.99 Å². The predicted molar refractivity (Wildman–Crippen MR) is 133 cm³/mol. The Kier molecular flexibility index (Phi) is 15.4. The molecule has 0 saturated carbocycles. The Morgan fingerprint density at radius 1 is 0.733 bits per heavy atom. The molecule has 0 aliphatic rings. The first-order valence-electron chi connectivity index (χ1n) is 12.6. The van der Waals surface area contributed by atoms with Crippen LogP contribution in [0.2, 0.25) is 0 Å². The van der Waals surface area contributed by atoms with E-state index >= 15 is 0 Å². The highest BCUT2D eigenvalue weighted by molar-refractivity contribution is 5.79. The Bertz CT molecular complexity index is 536. The second kappa shape index (κ2) is 17.3. The number of unbranched alkanes of at least 4 members (excludes halogenated alkanes) is 10. The summed E-state index contributed by atoms with van der Waals surface area (Å²) >= 11 is 0. The van der Waals surface area contributed by atoms with Crippen LogP contribution in [0.5, 0.6) is 5.75 Å². The van der Waals surface area contributed by atoms with E-state index in [-0.39, 0.29) is 0 Å². The molecule has 0 aliphatic heterocycles. The first-order chi connectivity index (χ1) is 14.6. The van der Waals surface area contributed by atoms with Gasteiger partial charge in [0.2, 0.25) is 0 Å². The number of nitrogens with zero attached hydrogens (tertiary/aromatic N) is 2. The van der Waals surface area contributed by atoms with Crippen LogP contribution in [0.3, 0.4) is 0 Å². The molecule has 0 amide bonds. The smallest absolute Gasteiger partial charge is 0.137 e. The molecule has 3 nitrogen and oxygen atoms in total. The molecule has 3 heteroatoms. The monoisotopic (exact) mass is 417 g/mol. The van der Waals surface area contributed by atoms with Crippen molar-refractivity contribution in [3.05, 3.63) is 29.8 Å². The Morgan fingerprint density at radius 3 is 1.90 bits per heavy atom. The highest BCUT2D eigenvalue weighted by Gasteiger charge is 2.14. The fourth-order valence-corrected chi connectivity index (χ4v) is 3.62. The summed E-state index contributed by atoms with van der Waals surface area (Å²) in [5.41, 5.74) is 1.15. The molecule has 0 fully saturated rings. The van der Waals surface area contributed by atoms with Gasteiger partial charge in [0, 0.05) is 12.8 Å². The maximum atomic E-state index is 5.98. The molecule has 0 bridgehead atoms. The first kappa shape index (κ1) is 26.7. The third kappa shape index (κ3) is 14.6. The standard InChI is InChI=1S/C27H49N2O/c1-5-7-9-10-11-12-13-14-15-16-22-29(3,4)23-24-30-27-19-17-26(18-20-27)25-28-21-8-6-2/h17-20,25H,5-16,21-24H2,1-4H3/q+1. The van der Waals surface area contributed by atoms with Gasteiger partial charge in [0.05, 0.1) is 20.6 Å². The van der Waals surface area contributed by atoms with Gasteiger partial charge in [-0.25, -0.2) is 0 Å². The van der Waals surface area contributed by atoms with E-state index in [0.717, 1.165) is 41.9 Å². The molecule has 1 aromatic rings. The summed E-state index contributed by atoms with van der Waals surface area (Å²) < 4.78 is 7.02. The molecule has 0 unspecified atom stereocenters. The van der Waals surface area contributed by atoms with Crippen LogP contribution in [0.4, 0.5) is 0 Å². The van der Waals surface area contributed by atoms with Gasteiger partial charge in [0.1, 0.15) is 18.9 Å². The van der Waals surface area contributed by atoms with Crippen LogP contribution in [-0.4, -0.2) is 51.0 Å². The summed E-state index contributed by atoms with van der Waals surface area (Å²) in [7, 11) is 4.65. The zero-order chi connectivity index (χ0) is 21.9. The van der Waals surface area contributed by atoms with E-state index in [1.165, 1.54) is 77.2 Å². The Hall–Kier alpha value is -1.35. The highest BCUT2D eigenvalue weighted by Crippen LogP contribution is 2.13. The normalized spacial score (nSPS) is 12.0. The van der Waals surface area contributed by atoms with Crippen molar-refractivity contribution in [2.75, 3.05) is 40.3 Å². The summed E-state index contributed by atoms with van der Waals surface area (Å²) in [5.74, 6) is 0.958. The lowest BCUT2D eigenvalue weighted by Crippen LogP contribution is -2.43. The second-order valence-corrected chi connectivity index (χ2v) is 9.37. The summed E-state index contributed by atoms with van der Waals surface area (Å²) in [6.45, 7) is 8.47. The number of benzene rings is 1. The van der Waals surface area contributed by atoms with Gasteiger partial charge in [0.15, 0.2) is 0 Å². The molecular formula is C27H49N2O+. The molecule has 0 atom stereocenters. The van der Waals surface area contributed by atoms with Crippen molar-refractivity contribution in [2.45, 2.75) is 90.9 Å². The molecule has 0 aliphatic carbocycles. The van der Waals surface area contributed by atoms with Crippen LogP contribution < -0.4 is 4.74 Å². The molecule has 172 valence electrons. The molecule has 1 aromatic carbocycles. The average Bonchev–Trinajstić information content (AvgIpc) is 2.73. The Morgan fingerprint density at radius 2 is 1.30 bits per heavy atom. The summed E-state index contributed by atoms with van der Waals surface area (Å²) in [4.78, 5) is 4.45. The van der Waals surface area contributed by atoms with Crippen molar-refractivity contribution in [3.8, 4) is 5.75 Å². The van der Waals surface area contributed by atoms with Crippen LogP contribution in [0.15, 0.2) is 29.3 Å². The number of likely N-dealkylation sites (N-methyl/N-ethyl adjacent to an activating group) is 1. The van der Waals surface area contributed by atoms with E-state index in [1.807, 2.05) is 6.21 Å². The van der Waals surface area contributed by atoms with Gasteiger partial charge >= 0.3 is 0 Å². The van der Waals surface area contributed by atoms with Crippen molar-refractivity contribution in [1.82, 2.24) is 0 Å². The molecule has 30 heavy (non-hydrogen) atoms. The molecular weight excluding hydrogens is 368 g/mol. The third-order valence-electron chi connectivity index (χ3n) is 5.84. The molecule has 0 N–H and O–H groups in total. The van der Waals surface area contributed by atoms with Gasteiger partial charge in [-0.15, -0.1) is 0 Å². The topological polar surface area (TPSA) is 21.6 Å². The minimum atomic E-state index is 0.773. The lowest BCUT2D eigenvalue weighted by molar-refractivity contribution is -0.890. The molecule has 0 radical (unpaired) electrons. The lowest BCUT2D eigenvalue weighted by Gasteiger charge is -2.29. The largest absolute Gasteiger partial charge is 0.488 e. The van der Waals surface area contributed by atoms with Gasteiger partial charge in [-0.05, 0) is 49.1 Å². The van der Waals surface area contributed by atoms with Gasteiger partial charge in [-0.2, -0.15) is 0 Å². The molecule has 0 spiro atoms. The zero-order valence-corrected chi connectivity index (χ0v) is 20.5. The van der Waals surface area contributed by atoms with Crippen molar-refractivity contribution in [3.63, 3.8) is 0 Å². The summed E-state index contributed by atoms with van der Waals surface area (Å²) in [6, 6.07) is 8.30. The molecule has 0 heterocycles. The minimum Gasteiger partial charge on any atom is -0.488 e. The number of rotatable bonds is 19. The summed E-state index contributed by atoms with van der Waals surface area (Å²) in [6.07, 6.45) is 18.3. The van der Waals surface area contributed by atoms with E-state index < -0.39 is 0 Å². The molecule has 0 saturated heterocycles.